The first-order valence-electron chi connectivity index (χ1n) is 9.38. The van der Waals surface area contributed by atoms with Crippen LogP contribution in [0.3, 0.4) is 0 Å². The summed E-state index contributed by atoms with van der Waals surface area (Å²) in [6, 6.07) is 18.4. The molecule has 0 atom stereocenters. The molecule has 2 N–H and O–H groups in total. The summed E-state index contributed by atoms with van der Waals surface area (Å²) in [5, 5.41) is 3.74. The summed E-state index contributed by atoms with van der Waals surface area (Å²) >= 11 is 2.99. The number of hydrogen-bond acceptors (Lipinski definition) is 6. The molecule has 0 aliphatic rings. The van der Waals surface area contributed by atoms with E-state index in [4.69, 9.17) is 0 Å². The molecule has 4 rings (SSSR count). The summed E-state index contributed by atoms with van der Waals surface area (Å²) in [4.78, 5) is 18.8. The predicted molar refractivity (Wildman–Crippen MR) is 128 cm³/mol. The van der Waals surface area contributed by atoms with Crippen molar-refractivity contribution < 1.29 is 13.2 Å². The van der Waals surface area contributed by atoms with E-state index in [0.29, 0.717) is 16.1 Å². The number of rotatable bonds is 8. The largest absolute Gasteiger partial charge is 0.321 e. The SMILES string of the molecule is C=CCNS(=O)(=O)Cc1ccc(NC(=O)c2ccc(-c3nc4ccccc4s3)s2)cc1. The Morgan fingerprint density at radius 3 is 2.55 bits per heavy atom. The zero-order valence-corrected chi connectivity index (χ0v) is 18.8. The first kappa shape index (κ1) is 21.4. The highest BCUT2D eigenvalue weighted by Crippen LogP contribution is 2.34. The fraction of sp³-hybridized carbons (Fsp3) is 0.0909. The van der Waals surface area contributed by atoms with E-state index in [1.165, 1.54) is 17.4 Å². The second-order valence-corrected chi connectivity index (χ2v) is 10.6. The predicted octanol–water partition coefficient (Wildman–Crippen LogP) is 4.88. The monoisotopic (exact) mass is 469 g/mol. The van der Waals surface area contributed by atoms with Crippen LogP contribution in [-0.4, -0.2) is 25.9 Å². The summed E-state index contributed by atoms with van der Waals surface area (Å²) in [7, 11) is -3.42. The lowest BCUT2D eigenvalue weighted by atomic mass is 10.2. The molecule has 0 saturated heterocycles. The first-order chi connectivity index (χ1) is 14.9. The Hall–Kier alpha value is -2.85. The van der Waals surface area contributed by atoms with Gasteiger partial charge in [-0.3, -0.25) is 4.79 Å². The van der Waals surface area contributed by atoms with Gasteiger partial charge < -0.3 is 5.32 Å². The Kier molecular flexibility index (Phi) is 6.28. The Labute approximate surface area is 188 Å². The van der Waals surface area contributed by atoms with Crippen LogP contribution in [0.2, 0.25) is 0 Å². The number of aromatic nitrogens is 1. The molecule has 2 heterocycles. The molecule has 2 aromatic heterocycles. The number of thiazole rings is 1. The van der Waals surface area contributed by atoms with Gasteiger partial charge in [-0.25, -0.2) is 18.1 Å². The molecule has 1 amide bonds. The van der Waals surface area contributed by atoms with E-state index in [-0.39, 0.29) is 18.2 Å². The molecule has 0 aliphatic heterocycles. The van der Waals surface area contributed by atoms with Gasteiger partial charge in [0, 0.05) is 12.2 Å². The number of nitrogens with one attached hydrogen (secondary N) is 2. The van der Waals surface area contributed by atoms with Gasteiger partial charge in [-0.1, -0.05) is 30.3 Å². The van der Waals surface area contributed by atoms with Crippen LogP contribution in [0.4, 0.5) is 5.69 Å². The molecule has 31 heavy (non-hydrogen) atoms. The number of anilines is 1. The zero-order chi connectivity index (χ0) is 21.8. The van der Waals surface area contributed by atoms with Crippen LogP contribution in [0.5, 0.6) is 0 Å². The van der Waals surface area contributed by atoms with Gasteiger partial charge in [-0.2, -0.15) is 0 Å². The quantitative estimate of drug-likeness (QED) is 0.360. The lowest BCUT2D eigenvalue weighted by molar-refractivity contribution is 0.103. The fourth-order valence-corrected chi connectivity index (χ4v) is 5.91. The first-order valence-corrected chi connectivity index (χ1v) is 12.7. The van der Waals surface area contributed by atoms with Crippen LogP contribution in [0.15, 0.2) is 73.3 Å². The fourth-order valence-electron chi connectivity index (χ4n) is 2.89. The Balaban J connectivity index is 1.42. The molecular formula is C22H19N3O3S3. The molecule has 4 aromatic rings. The number of sulfonamides is 1. The van der Waals surface area contributed by atoms with Crippen molar-refractivity contribution in [2.24, 2.45) is 0 Å². The van der Waals surface area contributed by atoms with E-state index in [9.17, 15) is 13.2 Å². The second kappa shape index (κ2) is 9.11. The second-order valence-electron chi connectivity index (χ2n) is 6.70. The number of para-hydroxylation sites is 1. The lowest BCUT2D eigenvalue weighted by Crippen LogP contribution is -2.25. The van der Waals surface area contributed by atoms with E-state index in [1.54, 1.807) is 41.7 Å². The van der Waals surface area contributed by atoms with Gasteiger partial charge >= 0.3 is 0 Å². The maximum absolute atomic E-state index is 12.6. The highest BCUT2D eigenvalue weighted by Gasteiger charge is 2.14. The molecule has 0 saturated carbocycles. The van der Waals surface area contributed by atoms with E-state index in [1.807, 2.05) is 30.3 Å². The number of benzene rings is 2. The normalized spacial score (nSPS) is 11.5. The van der Waals surface area contributed by atoms with Gasteiger partial charge in [0.05, 0.1) is 25.7 Å². The minimum absolute atomic E-state index is 0.133. The zero-order valence-electron chi connectivity index (χ0n) is 16.4. The van der Waals surface area contributed by atoms with Crippen molar-refractivity contribution in [3.8, 4) is 9.88 Å². The Morgan fingerprint density at radius 1 is 1.03 bits per heavy atom. The van der Waals surface area contributed by atoms with E-state index in [2.05, 4.69) is 21.6 Å². The number of hydrogen-bond donors (Lipinski definition) is 2. The van der Waals surface area contributed by atoms with Gasteiger partial charge in [-0.05, 0) is 42.0 Å². The molecule has 158 valence electrons. The van der Waals surface area contributed by atoms with E-state index in [0.717, 1.165) is 20.1 Å². The average molecular weight is 470 g/mol. The number of fused-ring (bicyclic) bond motifs is 1. The van der Waals surface area contributed by atoms with Crippen LogP contribution in [0.25, 0.3) is 20.1 Å². The minimum atomic E-state index is -3.42. The molecule has 0 unspecified atom stereocenters. The number of amides is 1. The highest BCUT2D eigenvalue weighted by molar-refractivity contribution is 7.88. The maximum Gasteiger partial charge on any atom is 0.265 e. The van der Waals surface area contributed by atoms with Crippen LogP contribution in [0, 0.1) is 0 Å². The van der Waals surface area contributed by atoms with Crippen LogP contribution in [-0.2, 0) is 15.8 Å². The minimum Gasteiger partial charge on any atom is -0.321 e. The van der Waals surface area contributed by atoms with Crippen LogP contribution < -0.4 is 10.0 Å². The van der Waals surface area contributed by atoms with E-state index < -0.39 is 10.0 Å². The van der Waals surface area contributed by atoms with Crippen molar-refractivity contribution in [3.05, 3.63) is 83.8 Å². The molecule has 0 fully saturated rings. The van der Waals surface area contributed by atoms with Gasteiger partial charge in [-0.15, -0.1) is 29.3 Å². The van der Waals surface area contributed by atoms with Gasteiger partial charge in [0.15, 0.2) is 0 Å². The molecule has 0 bridgehead atoms. The third-order valence-corrected chi connectivity index (χ3v) is 7.96. The number of carbonyl (C=O) groups excluding carboxylic acids is 1. The van der Waals surface area contributed by atoms with Crippen molar-refractivity contribution >= 4 is 54.5 Å². The number of carbonyl (C=O) groups is 1. The van der Waals surface area contributed by atoms with Crippen molar-refractivity contribution in [2.75, 3.05) is 11.9 Å². The highest BCUT2D eigenvalue weighted by atomic mass is 32.2. The standard InChI is InChI=1S/C22H19N3O3S3/c1-2-13-23-31(27,28)14-15-7-9-16(10-8-15)24-21(26)19-11-12-20(29-19)22-25-17-5-3-4-6-18(17)30-22/h2-12,23H,1,13-14H2,(H,24,26). The van der Waals surface area contributed by atoms with Crippen LogP contribution in [0.1, 0.15) is 15.2 Å². The molecule has 2 aromatic carbocycles. The number of nitrogens with zero attached hydrogens (tertiary/aromatic N) is 1. The summed E-state index contributed by atoms with van der Waals surface area (Å²) in [6.07, 6.45) is 1.49. The molecule has 0 radical (unpaired) electrons. The Bertz CT molecular complexity index is 1310. The lowest BCUT2D eigenvalue weighted by Gasteiger charge is -2.07. The van der Waals surface area contributed by atoms with Crippen molar-refractivity contribution in [1.82, 2.24) is 9.71 Å². The summed E-state index contributed by atoms with van der Waals surface area (Å²) in [6.45, 7) is 3.69. The van der Waals surface area contributed by atoms with Crippen LogP contribution >= 0.6 is 22.7 Å². The van der Waals surface area contributed by atoms with Crippen molar-refractivity contribution in [1.29, 1.82) is 0 Å². The molecular weight excluding hydrogens is 450 g/mol. The molecule has 6 nitrogen and oxygen atoms in total. The third kappa shape index (κ3) is 5.26. The average Bonchev–Trinajstić information content (AvgIpc) is 3.40. The van der Waals surface area contributed by atoms with Gasteiger partial charge in [0.2, 0.25) is 10.0 Å². The van der Waals surface area contributed by atoms with Gasteiger partial charge in [0.1, 0.15) is 5.01 Å². The number of thiophene rings is 1. The topological polar surface area (TPSA) is 88.2 Å². The molecule has 0 spiro atoms. The van der Waals surface area contributed by atoms with Crippen molar-refractivity contribution in [3.63, 3.8) is 0 Å². The summed E-state index contributed by atoms with van der Waals surface area (Å²) < 4.78 is 27.4. The van der Waals surface area contributed by atoms with Crippen molar-refractivity contribution in [2.45, 2.75) is 5.75 Å². The molecule has 9 heteroatoms. The maximum atomic E-state index is 12.6. The third-order valence-electron chi connectivity index (χ3n) is 4.35. The summed E-state index contributed by atoms with van der Waals surface area (Å²) in [5.41, 5.74) is 2.17. The Morgan fingerprint density at radius 2 is 1.81 bits per heavy atom. The van der Waals surface area contributed by atoms with Gasteiger partial charge in [0.25, 0.3) is 5.91 Å². The molecule has 0 aliphatic carbocycles. The summed E-state index contributed by atoms with van der Waals surface area (Å²) in [5.74, 6) is -0.351. The smallest absolute Gasteiger partial charge is 0.265 e. The van der Waals surface area contributed by atoms with E-state index >= 15 is 0 Å².